The molecule has 1 fully saturated rings. The zero-order valence-electron chi connectivity index (χ0n) is 12.2. The van der Waals surface area contributed by atoms with Gasteiger partial charge >= 0.3 is 0 Å². The van der Waals surface area contributed by atoms with Crippen molar-refractivity contribution >= 4 is 5.95 Å². The molecular formula is C15H26N4. The maximum absolute atomic E-state index is 5.80. The number of aromatic nitrogens is 2. The zero-order valence-corrected chi connectivity index (χ0v) is 12.2. The Kier molecular flexibility index (Phi) is 5.14. The summed E-state index contributed by atoms with van der Waals surface area (Å²) >= 11 is 0. The van der Waals surface area contributed by atoms with Crippen molar-refractivity contribution in [1.29, 1.82) is 0 Å². The normalized spacial score (nSPS) is 21.4. The molecule has 4 nitrogen and oxygen atoms in total. The van der Waals surface area contributed by atoms with E-state index in [-0.39, 0.29) is 6.04 Å². The molecule has 2 N–H and O–H groups in total. The van der Waals surface area contributed by atoms with Crippen LogP contribution in [0.15, 0.2) is 12.4 Å². The SMILES string of the molecule is CCCC1CCCCN1c1ncc(CC(C)N)cn1. The van der Waals surface area contributed by atoms with Gasteiger partial charge in [-0.2, -0.15) is 0 Å². The Morgan fingerprint density at radius 3 is 2.74 bits per heavy atom. The molecule has 0 amide bonds. The molecule has 1 aromatic rings. The van der Waals surface area contributed by atoms with Gasteiger partial charge in [-0.25, -0.2) is 9.97 Å². The van der Waals surface area contributed by atoms with Crippen LogP contribution in [0.2, 0.25) is 0 Å². The minimum absolute atomic E-state index is 0.164. The van der Waals surface area contributed by atoms with E-state index in [9.17, 15) is 0 Å². The third-order valence-corrected chi connectivity index (χ3v) is 3.76. The molecule has 0 aromatic carbocycles. The number of nitrogens with zero attached hydrogens (tertiary/aromatic N) is 3. The van der Waals surface area contributed by atoms with Crippen molar-refractivity contribution in [3.63, 3.8) is 0 Å². The summed E-state index contributed by atoms with van der Waals surface area (Å²) in [6.07, 6.45) is 11.0. The molecule has 4 heteroatoms. The van der Waals surface area contributed by atoms with E-state index in [1.165, 1.54) is 32.1 Å². The minimum atomic E-state index is 0.164. The Morgan fingerprint density at radius 2 is 2.11 bits per heavy atom. The first-order valence-corrected chi connectivity index (χ1v) is 7.54. The van der Waals surface area contributed by atoms with Gasteiger partial charge in [0.2, 0.25) is 5.95 Å². The van der Waals surface area contributed by atoms with E-state index in [1.54, 1.807) is 0 Å². The van der Waals surface area contributed by atoms with Crippen LogP contribution in [0.5, 0.6) is 0 Å². The maximum Gasteiger partial charge on any atom is 0.225 e. The van der Waals surface area contributed by atoms with Crippen LogP contribution >= 0.6 is 0 Å². The number of rotatable bonds is 5. The molecule has 0 saturated carbocycles. The lowest BCUT2D eigenvalue weighted by molar-refractivity contribution is 0.428. The van der Waals surface area contributed by atoms with Crippen molar-refractivity contribution in [3.8, 4) is 0 Å². The monoisotopic (exact) mass is 262 g/mol. The smallest absolute Gasteiger partial charge is 0.225 e. The maximum atomic E-state index is 5.80. The molecule has 0 aliphatic carbocycles. The van der Waals surface area contributed by atoms with Crippen molar-refractivity contribution in [1.82, 2.24) is 9.97 Å². The van der Waals surface area contributed by atoms with E-state index in [0.29, 0.717) is 6.04 Å². The predicted octanol–water partition coefficient (Wildman–Crippen LogP) is 2.53. The summed E-state index contributed by atoms with van der Waals surface area (Å²) < 4.78 is 0. The lowest BCUT2D eigenvalue weighted by Gasteiger charge is -2.35. The molecule has 1 aromatic heterocycles. The minimum Gasteiger partial charge on any atom is -0.338 e. The summed E-state index contributed by atoms with van der Waals surface area (Å²) in [4.78, 5) is 11.5. The van der Waals surface area contributed by atoms with E-state index in [0.717, 1.165) is 24.5 Å². The summed E-state index contributed by atoms with van der Waals surface area (Å²) in [7, 11) is 0. The van der Waals surface area contributed by atoms with Gasteiger partial charge in [-0.3, -0.25) is 0 Å². The van der Waals surface area contributed by atoms with Gasteiger partial charge < -0.3 is 10.6 Å². The second-order valence-corrected chi connectivity index (χ2v) is 5.70. The van der Waals surface area contributed by atoms with Crippen LogP contribution in [-0.2, 0) is 6.42 Å². The quantitative estimate of drug-likeness (QED) is 0.886. The highest BCUT2D eigenvalue weighted by molar-refractivity contribution is 5.32. The van der Waals surface area contributed by atoms with Gasteiger partial charge in [-0.1, -0.05) is 13.3 Å². The summed E-state index contributed by atoms with van der Waals surface area (Å²) in [6, 6.07) is 0.787. The molecule has 0 spiro atoms. The molecule has 2 heterocycles. The molecule has 0 radical (unpaired) electrons. The van der Waals surface area contributed by atoms with Crippen LogP contribution in [0.4, 0.5) is 5.95 Å². The number of hydrogen-bond acceptors (Lipinski definition) is 4. The average Bonchev–Trinajstić information content (AvgIpc) is 2.40. The highest BCUT2D eigenvalue weighted by Gasteiger charge is 2.23. The second kappa shape index (κ2) is 6.85. The van der Waals surface area contributed by atoms with Crippen LogP contribution in [0.25, 0.3) is 0 Å². The molecule has 106 valence electrons. The van der Waals surface area contributed by atoms with E-state index in [2.05, 4.69) is 21.8 Å². The van der Waals surface area contributed by atoms with Gasteiger partial charge in [-0.05, 0) is 44.6 Å². The van der Waals surface area contributed by atoms with Gasteiger partial charge in [0.25, 0.3) is 0 Å². The van der Waals surface area contributed by atoms with Gasteiger partial charge in [0.15, 0.2) is 0 Å². The number of anilines is 1. The summed E-state index contributed by atoms with van der Waals surface area (Å²) in [5, 5.41) is 0. The fraction of sp³-hybridized carbons (Fsp3) is 0.733. The van der Waals surface area contributed by atoms with Crippen LogP contribution in [-0.4, -0.2) is 28.6 Å². The van der Waals surface area contributed by atoms with Crippen molar-refractivity contribution in [2.45, 2.75) is 64.5 Å². The molecule has 1 saturated heterocycles. The van der Waals surface area contributed by atoms with Crippen LogP contribution in [0.3, 0.4) is 0 Å². The number of hydrogen-bond donors (Lipinski definition) is 1. The lowest BCUT2D eigenvalue weighted by Crippen LogP contribution is -2.40. The van der Waals surface area contributed by atoms with Gasteiger partial charge in [0.05, 0.1) is 0 Å². The van der Waals surface area contributed by atoms with Crippen molar-refractivity contribution in [3.05, 3.63) is 18.0 Å². The molecule has 2 rings (SSSR count). The van der Waals surface area contributed by atoms with Gasteiger partial charge in [0.1, 0.15) is 0 Å². The van der Waals surface area contributed by atoms with E-state index in [1.807, 2.05) is 19.3 Å². The zero-order chi connectivity index (χ0) is 13.7. The fourth-order valence-corrected chi connectivity index (χ4v) is 2.87. The fourth-order valence-electron chi connectivity index (χ4n) is 2.87. The highest BCUT2D eigenvalue weighted by Crippen LogP contribution is 2.24. The summed E-state index contributed by atoms with van der Waals surface area (Å²) in [5.41, 5.74) is 6.93. The summed E-state index contributed by atoms with van der Waals surface area (Å²) in [5.74, 6) is 0.895. The van der Waals surface area contributed by atoms with Crippen LogP contribution in [0, 0.1) is 0 Å². The van der Waals surface area contributed by atoms with E-state index >= 15 is 0 Å². The highest BCUT2D eigenvalue weighted by atomic mass is 15.3. The van der Waals surface area contributed by atoms with Crippen LogP contribution < -0.4 is 10.6 Å². The Labute approximate surface area is 116 Å². The second-order valence-electron chi connectivity index (χ2n) is 5.70. The van der Waals surface area contributed by atoms with Crippen molar-refractivity contribution < 1.29 is 0 Å². The third kappa shape index (κ3) is 3.90. The first-order chi connectivity index (χ1) is 9.20. The first-order valence-electron chi connectivity index (χ1n) is 7.54. The summed E-state index contributed by atoms with van der Waals surface area (Å²) in [6.45, 7) is 5.35. The van der Waals surface area contributed by atoms with Crippen molar-refractivity contribution in [2.24, 2.45) is 5.73 Å². The van der Waals surface area contributed by atoms with Crippen LogP contribution in [0.1, 0.15) is 51.5 Å². The van der Waals surface area contributed by atoms with E-state index < -0.39 is 0 Å². The number of piperidine rings is 1. The Morgan fingerprint density at radius 1 is 1.37 bits per heavy atom. The average molecular weight is 262 g/mol. The topological polar surface area (TPSA) is 55.0 Å². The Balaban J connectivity index is 2.06. The Hall–Kier alpha value is -1.16. The molecule has 19 heavy (non-hydrogen) atoms. The lowest BCUT2D eigenvalue weighted by atomic mass is 9.99. The molecule has 2 unspecified atom stereocenters. The molecule has 1 aliphatic heterocycles. The molecule has 1 aliphatic rings. The predicted molar refractivity (Wildman–Crippen MR) is 79.3 cm³/mol. The molecule has 2 atom stereocenters. The van der Waals surface area contributed by atoms with Gasteiger partial charge in [0, 0.05) is 31.0 Å². The Bertz CT molecular complexity index is 372. The standard InChI is InChI=1S/C15H26N4/c1-3-6-14-7-4-5-8-19(14)15-17-10-13(11-18-15)9-12(2)16/h10-12,14H,3-9,16H2,1-2H3. The number of nitrogens with two attached hydrogens (primary N) is 1. The third-order valence-electron chi connectivity index (χ3n) is 3.76. The first kappa shape index (κ1) is 14.3. The van der Waals surface area contributed by atoms with Crippen molar-refractivity contribution in [2.75, 3.05) is 11.4 Å². The van der Waals surface area contributed by atoms with Gasteiger partial charge in [-0.15, -0.1) is 0 Å². The largest absolute Gasteiger partial charge is 0.338 e. The van der Waals surface area contributed by atoms with E-state index in [4.69, 9.17) is 5.73 Å². The molecular weight excluding hydrogens is 236 g/mol. The molecule has 0 bridgehead atoms.